The van der Waals surface area contributed by atoms with E-state index in [0.29, 0.717) is 28.2 Å². The third-order valence-corrected chi connectivity index (χ3v) is 12.0. The van der Waals surface area contributed by atoms with E-state index in [1.54, 1.807) is 0 Å². The number of hydrogen-bond acceptors (Lipinski definition) is 18. The molecule has 0 atom stereocenters. The average Bonchev–Trinajstić information content (AvgIpc) is 4.42. The van der Waals surface area contributed by atoms with Gasteiger partial charge in [0.05, 0.1) is 28.2 Å². The van der Waals surface area contributed by atoms with Crippen molar-refractivity contribution in [1.82, 2.24) is 75.6 Å². The Labute approximate surface area is 450 Å². The summed E-state index contributed by atoms with van der Waals surface area (Å²) in [6, 6.07) is 28.1. The molecule has 0 bridgehead atoms. The van der Waals surface area contributed by atoms with E-state index < -0.39 is 59.3 Å². The number of aromatic hydroxyl groups is 3. The fourth-order valence-electron chi connectivity index (χ4n) is 7.88. The van der Waals surface area contributed by atoms with Crippen LogP contribution < -0.4 is 0 Å². The van der Waals surface area contributed by atoms with Gasteiger partial charge >= 0.3 is 0 Å². The van der Waals surface area contributed by atoms with E-state index in [4.69, 9.17) is 0 Å². The minimum atomic E-state index is -2.89. The van der Waals surface area contributed by atoms with Crippen molar-refractivity contribution >= 4 is 35.6 Å². The number of ketones is 3. The van der Waals surface area contributed by atoms with Crippen LogP contribution in [0.1, 0.15) is 83.7 Å². The first-order chi connectivity index (χ1) is 39.1. The first-order valence-corrected chi connectivity index (χ1v) is 23.5. The lowest BCUT2D eigenvalue weighted by atomic mass is 10.0. The predicted octanol–water partition coefficient (Wildman–Crippen LogP) is 9.42. The molecule has 27 heteroatoms. The molecule has 0 saturated heterocycles. The maximum atomic E-state index is 13.6. The van der Waals surface area contributed by atoms with E-state index in [1.165, 1.54) is 129 Å². The summed E-state index contributed by atoms with van der Waals surface area (Å²) in [5.74, 6) is -3.82. The highest BCUT2D eigenvalue weighted by Crippen LogP contribution is 2.32. The molecule has 0 saturated carbocycles. The summed E-state index contributed by atoms with van der Waals surface area (Å²) in [5, 5.41) is 66.3. The zero-order chi connectivity index (χ0) is 56.9. The summed E-state index contributed by atoms with van der Waals surface area (Å²) in [5.41, 5.74) is 0.564. The molecule has 0 aliphatic carbocycles. The standard InChI is InChI=1S/C54H33F6N15O6/c55-46(56)38-21-18-37(76)27-33(38)11-24-43(79)32-9-16-36(17-10-32)75-54(66-69-72-75)51-62-49(52-64-67-70-73(52)34-12-5-30(6-13-34)41(77)22-3-28-1-19-39(47(57)58)44(80)25-28)61-50(63-51)53-65-68-71-74(53)35-14-7-31(8-15-35)42(78)23-4-29-2-20-40(48(59)60)45(81)26-29/h1-27,46-48,76,80-81H/b22-3+,23-4+,24-11+. The monoisotopic (exact) mass is 1100 g/mol. The van der Waals surface area contributed by atoms with E-state index in [2.05, 4.69) is 61.5 Å². The number of hydrogen-bond donors (Lipinski definition) is 3. The highest BCUT2D eigenvalue weighted by atomic mass is 19.3. The predicted molar refractivity (Wildman–Crippen MR) is 274 cm³/mol. The summed E-state index contributed by atoms with van der Waals surface area (Å²) >= 11 is 0. The van der Waals surface area contributed by atoms with Gasteiger partial charge < -0.3 is 15.3 Å². The van der Waals surface area contributed by atoms with Gasteiger partial charge in [-0.15, -0.1) is 15.3 Å². The topological polar surface area (TPSA) is 281 Å². The van der Waals surface area contributed by atoms with Crippen molar-refractivity contribution in [2.75, 3.05) is 0 Å². The maximum Gasteiger partial charge on any atom is 0.267 e. The van der Waals surface area contributed by atoms with Crippen molar-refractivity contribution in [2.24, 2.45) is 0 Å². The van der Waals surface area contributed by atoms with Crippen LogP contribution >= 0.6 is 0 Å². The molecule has 0 aliphatic rings. The number of halogens is 6. The molecule has 0 spiro atoms. The van der Waals surface area contributed by atoms with Crippen molar-refractivity contribution in [3.63, 3.8) is 0 Å². The van der Waals surface area contributed by atoms with Crippen LogP contribution in [0.5, 0.6) is 17.2 Å². The molecule has 402 valence electrons. The normalized spacial score (nSPS) is 11.8. The molecular formula is C54H33F6N15O6. The lowest BCUT2D eigenvalue weighted by molar-refractivity contribution is 0.103. The smallest absolute Gasteiger partial charge is 0.267 e. The summed E-state index contributed by atoms with van der Waals surface area (Å²) in [7, 11) is 0. The largest absolute Gasteiger partial charge is 0.508 e. The number of phenols is 3. The van der Waals surface area contributed by atoms with Crippen molar-refractivity contribution in [2.45, 2.75) is 19.3 Å². The fraction of sp³-hybridized carbons (Fsp3) is 0.0556. The quantitative estimate of drug-likeness (QED) is 0.0409. The Balaban J connectivity index is 0.972. The van der Waals surface area contributed by atoms with Crippen LogP contribution in [0.25, 0.3) is 70.2 Å². The van der Waals surface area contributed by atoms with Gasteiger partial charge in [-0.05, 0) is 181 Å². The van der Waals surface area contributed by atoms with Gasteiger partial charge in [-0.1, -0.05) is 30.4 Å². The molecule has 10 rings (SSSR count). The van der Waals surface area contributed by atoms with Gasteiger partial charge in [0, 0.05) is 22.3 Å². The zero-order valence-electron chi connectivity index (χ0n) is 40.9. The Morgan fingerprint density at radius 2 is 0.741 bits per heavy atom. The molecule has 0 fully saturated rings. The summed E-state index contributed by atoms with van der Waals surface area (Å²) in [4.78, 5) is 53.5. The van der Waals surface area contributed by atoms with Gasteiger partial charge in [-0.2, -0.15) is 14.0 Å². The van der Waals surface area contributed by atoms with Crippen molar-refractivity contribution in [3.8, 4) is 69.3 Å². The van der Waals surface area contributed by atoms with Crippen molar-refractivity contribution in [3.05, 3.63) is 196 Å². The van der Waals surface area contributed by atoms with Gasteiger partial charge in [0.1, 0.15) is 17.2 Å². The van der Waals surface area contributed by atoms with Crippen LogP contribution in [0, 0.1) is 0 Å². The number of aromatic nitrogens is 15. The number of benzene rings is 6. The van der Waals surface area contributed by atoms with Crippen LogP contribution in [-0.2, 0) is 0 Å². The van der Waals surface area contributed by atoms with E-state index >= 15 is 0 Å². The first kappa shape index (κ1) is 53.2. The lowest BCUT2D eigenvalue weighted by Crippen LogP contribution is -2.10. The number of tetrazole rings is 3. The molecule has 6 aromatic carbocycles. The second kappa shape index (κ2) is 22.8. The Hall–Kier alpha value is -11.3. The minimum Gasteiger partial charge on any atom is -0.508 e. The number of nitrogens with zero attached hydrogens (tertiary/aromatic N) is 15. The number of carbonyl (C=O) groups is 3. The van der Waals surface area contributed by atoms with E-state index in [0.717, 1.165) is 48.5 Å². The molecule has 21 nitrogen and oxygen atoms in total. The molecule has 4 aromatic heterocycles. The summed E-state index contributed by atoms with van der Waals surface area (Å²) < 4.78 is 83.6. The Kier molecular flexibility index (Phi) is 14.9. The van der Waals surface area contributed by atoms with Gasteiger partial charge in [0.15, 0.2) is 17.3 Å². The number of alkyl halides is 6. The van der Waals surface area contributed by atoms with Crippen LogP contribution in [0.15, 0.2) is 146 Å². The summed E-state index contributed by atoms with van der Waals surface area (Å²) in [6.07, 6.45) is -1.27. The zero-order valence-corrected chi connectivity index (χ0v) is 40.9. The Morgan fingerprint density at radius 1 is 0.407 bits per heavy atom. The van der Waals surface area contributed by atoms with E-state index in [-0.39, 0.29) is 68.5 Å². The maximum absolute atomic E-state index is 13.6. The molecule has 0 aliphatic heterocycles. The second-order valence-electron chi connectivity index (χ2n) is 17.1. The van der Waals surface area contributed by atoms with Crippen LogP contribution in [0.3, 0.4) is 0 Å². The van der Waals surface area contributed by atoms with Crippen molar-refractivity contribution in [1.29, 1.82) is 0 Å². The van der Waals surface area contributed by atoms with Crippen molar-refractivity contribution < 1.29 is 56.0 Å². The molecule has 0 amide bonds. The average molecular weight is 1100 g/mol. The van der Waals surface area contributed by atoms with Crippen LogP contribution in [0.2, 0.25) is 0 Å². The van der Waals surface area contributed by atoms with E-state index in [1.807, 2.05) is 0 Å². The van der Waals surface area contributed by atoms with Gasteiger partial charge in [0.25, 0.3) is 19.3 Å². The number of allylic oxidation sites excluding steroid dienone is 3. The van der Waals surface area contributed by atoms with Crippen LogP contribution in [0.4, 0.5) is 26.3 Å². The highest BCUT2D eigenvalue weighted by molar-refractivity contribution is 6.08. The third kappa shape index (κ3) is 11.6. The minimum absolute atomic E-state index is 0.0497. The molecular weight excluding hydrogens is 1070 g/mol. The third-order valence-electron chi connectivity index (χ3n) is 12.0. The van der Waals surface area contributed by atoms with Gasteiger partial charge in [-0.25, -0.2) is 41.3 Å². The Morgan fingerprint density at radius 3 is 1.07 bits per heavy atom. The fourth-order valence-corrected chi connectivity index (χ4v) is 7.88. The van der Waals surface area contributed by atoms with Crippen LogP contribution in [-0.4, -0.2) is 108 Å². The van der Waals surface area contributed by atoms with Gasteiger partial charge in [0.2, 0.25) is 34.9 Å². The molecule has 0 unspecified atom stereocenters. The number of rotatable bonds is 18. The van der Waals surface area contributed by atoms with E-state index in [9.17, 15) is 56.0 Å². The Bertz CT molecular complexity index is 3930. The SMILES string of the molecule is O=C(/C=C/c1ccc(C(F)F)c(O)c1)c1ccc(-n2nnnc2-c2nc(-c3nnnn3-c3ccc(C(=O)/C=C/c4ccc(C(F)F)c(O)c4)cc3)nc(-c3nnnn3-c3ccc(C(=O)/C=C/c4cc(O)ccc4C(F)F)cc3)n2)cc1. The van der Waals surface area contributed by atoms with Gasteiger partial charge in [-0.3, -0.25) is 14.4 Å². The molecule has 0 radical (unpaired) electrons. The number of carbonyl (C=O) groups excluding carboxylic acids is 3. The molecule has 3 N–H and O–H groups in total. The summed E-state index contributed by atoms with van der Waals surface area (Å²) in [6.45, 7) is 0. The first-order valence-electron chi connectivity index (χ1n) is 23.5. The molecule has 10 aromatic rings. The second-order valence-corrected chi connectivity index (χ2v) is 17.1. The molecule has 81 heavy (non-hydrogen) atoms. The lowest BCUT2D eigenvalue weighted by Gasteiger charge is -2.09. The highest BCUT2D eigenvalue weighted by Gasteiger charge is 2.25. The number of phenolic OH excluding ortho intramolecular Hbond substituents is 3. The molecule has 4 heterocycles.